The molecule has 1 aliphatic heterocycles. The van der Waals surface area contributed by atoms with Gasteiger partial charge in [0.2, 0.25) is 0 Å². The lowest BCUT2D eigenvalue weighted by atomic mass is 10.1. The molecule has 6 heteroatoms. The number of carbonyl (C=O) groups is 2. The first kappa shape index (κ1) is 16.4. The molecule has 2 N–H and O–H groups in total. The van der Waals surface area contributed by atoms with Gasteiger partial charge in [-0.2, -0.15) is 0 Å². The van der Waals surface area contributed by atoms with E-state index in [1.807, 2.05) is 0 Å². The highest BCUT2D eigenvalue weighted by Crippen LogP contribution is 2.19. The molecule has 1 aliphatic rings. The largest absolute Gasteiger partial charge is 0.487 e. The lowest BCUT2D eigenvalue weighted by Gasteiger charge is -2.15. The zero-order chi connectivity index (χ0) is 15.8. The van der Waals surface area contributed by atoms with Crippen LogP contribution in [0, 0.1) is 0 Å². The number of thioether (sulfide) groups is 1. The summed E-state index contributed by atoms with van der Waals surface area (Å²) in [5, 5.41) is 7.30. The highest BCUT2D eigenvalue weighted by Gasteiger charge is 2.17. The van der Waals surface area contributed by atoms with Crippen molar-refractivity contribution in [3.05, 3.63) is 41.0 Å². The van der Waals surface area contributed by atoms with Crippen LogP contribution in [0.5, 0.6) is 0 Å². The highest BCUT2D eigenvalue weighted by atomic mass is 32.2. The SMILES string of the molecule is CCCCNC(=O)c1ccccc1NC(=O)C1=CSCCO1. The quantitative estimate of drug-likeness (QED) is 0.791. The third-order valence-electron chi connectivity index (χ3n) is 3.11. The Hall–Kier alpha value is -1.95. The van der Waals surface area contributed by atoms with Crippen molar-refractivity contribution in [2.45, 2.75) is 19.8 Å². The predicted molar refractivity (Wildman–Crippen MR) is 88.8 cm³/mol. The molecule has 1 aromatic rings. The number of hydrogen-bond donors (Lipinski definition) is 2. The number of para-hydroxylation sites is 1. The van der Waals surface area contributed by atoms with Gasteiger partial charge in [0.15, 0.2) is 5.76 Å². The molecule has 0 aliphatic carbocycles. The monoisotopic (exact) mass is 320 g/mol. The Kier molecular flexibility index (Phi) is 6.33. The molecule has 1 aromatic carbocycles. The normalized spacial score (nSPS) is 13.8. The molecule has 0 aromatic heterocycles. The fourth-order valence-electron chi connectivity index (χ4n) is 1.94. The molecule has 0 spiro atoms. The van der Waals surface area contributed by atoms with Gasteiger partial charge in [-0.1, -0.05) is 25.5 Å². The van der Waals surface area contributed by atoms with E-state index in [1.165, 1.54) is 11.8 Å². The lowest BCUT2D eigenvalue weighted by Crippen LogP contribution is -2.26. The van der Waals surface area contributed by atoms with Crippen LogP contribution in [0.2, 0.25) is 0 Å². The van der Waals surface area contributed by atoms with Crippen molar-refractivity contribution in [2.24, 2.45) is 0 Å². The second kappa shape index (κ2) is 8.48. The predicted octanol–water partition coefficient (Wildman–Crippen LogP) is 2.76. The van der Waals surface area contributed by atoms with Crippen LogP contribution in [0.3, 0.4) is 0 Å². The first-order valence-corrected chi connectivity index (χ1v) is 8.40. The highest BCUT2D eigenvalue weighted by molar-refractivity contribution is 8.02. The van der Waals surface area contributed by atoms with Crippen LogP contribution in [0.1, 0.15) is 30.1 Å². The topological polar surface area (TPSA) is 67.4 Å². The van der Waals surface area contributed by atoms with E-state index in [0.29, 0.717) is 24.4 Å². The average Bonchev–Trinajstić information content (AvgIpc) is 2.56. The van der Waals surface area contributed by atoms with Crippen molar-refractivity contribution in [1.82, 2.24) is 5.32 Å². The molecule has 0 saturated carbocycles. The van der Waals surface area contributed by atoms with Gasteiger partial charge in [-0.25, -0.2) is 0 Å². The molecule has 0 atom stereocenters. The molecule has 0 radical (unpaired) electrons. The van der Waals surface area contributed by atoms with Crippen LogP contribution in [0.15, 0.2) is 35.4 Å². The smallest absolute Gasteiger partial charge is 0.291 e. The van der Waals surface area contributed by atoms with E-state index in [9.17, 15) is 9.59 Å². The molecule has 0 bridgehead atoms. The third kappa shape index (κ3) is 4.53. The van der Waals surface area contributed by atoms with Crippen LogP contribution in [0.4, 0.5) is 5.69 Å². The van der Waals surface area contributed by atoms with Crippen LogP contribution >= 0.6 is 11.8 Å². The van der Waals surface area contributed by atoms with Gasteiger partial charge >= 0.3 is 0 Å². The number of benzene rings is 1. The molecular formula is C16H20N2O3S. The number of anilines is 1. The summed E-state index contributed by atoms with van der Waals surface area (Å²) >= 11 is 1.54. The van der Waals surface area contributed by atoms with Crippen molar-refractivity contribution in [3.8, 4) is 0 Å². The molecule has 0 fully saturated rings. The number of carbonyl (C=O) groups excluding carboxylic acids is 2. The maximum atomic E-state index is 12.2. The number of unbranched alkanes of at least 4 members (excludes halogenated alkanes) is 1. The zero-order valence-corrected chi connectivity index (χ0v) is 13.4. The molecule has 118 valence electrons. The van der Waals surface area contributed by atoms with Crippen LogP contribution in [-0.4, -0.2) is 30.7 Å². The Balaban J connectivity index is 2.06. The Bertz CT molecular complexity index is 572. The Morgan fingerprint density at radius 2 is 2.09 bits per heavy atom. The summed E-state index contributed by atoms with van der Waals surface area (Å²) in [6.07, 6.45) is 1.94. The number of nitrogens with one attached hydrogen (secondary N) is 2. The summed E-state index contributed by atoms with van der Waals surface area (Å²) in [6, 6.07) is 6.96. The summed E-state index contributed by atoms with van der Waals surface area (Å²) in [6.45, 7) is 3.21. The Labute approximate surface area is 134 Å². The second-order valence-electron chi connectivity index (χ2n) is 4.81. The van der Waals surface area contributed by atoms with Crippen LogP contribution in [-0.2, 0) is 9.53 Å². The first-order valence-electron chi connectivity index (χ1n) is 7.35. The maximum absolute atomic E-state index is 12.2. The fraction of sp³-hybridized carbons (Fsp3) is 0.375. The molecule has 2 rings (SSSR count). The molecule has 0 saturated heterocycles. The van der Waals surface area contributed by atoms with E-state index in [-0.39, 0.29) is 17.6 Å². The van der Waals surface area contributed by atoms with Gasteiger partial charge in [0.25, 0.3) is 11.8 Å². The summed E-state index contributed by atoms with van der Waals surface area (Å²) in [4.78, 5) is 24.3. The zero-order valence-electron chi connectivity index (χ0n) is 12.6. The molecule has 0 unspecified atom stereocenters. The molecule has 22 heavy (non-hydrogen) atoms. The fourth-order valence-corrected chi connectivity index (χ4v) is 2.56. The van der Waals surface area contributed by atoms with E-state index in [1.54, 1.807) is 29.7 Å². The lowest BCUT2D eigenvalue weighted by molar-refractivity contribution is -0.116. The summed E-state index contributed by atoms with van der Waals surface area (Å²) in [5.41, 5.74) is 0.942. The third-order valence-corrected chi connectivity index (χ3v) is 3.89. The van der Waals surface area contributed by atoms with Gasteiger partial charge in [-0.3, -0.25) is 9.59 Å². The summed E-state index contributed by atoms with van der Waals surface area (Å²) < 4.78 is 5.32. The second-order valence-corrected chi connectivity index (χ2v) is 5.79. The van der Waals surface area contributed by atoms with Crippen molar-refractivity contribution in [3.63, 3.8) is 0 Å². The minimum absolute atomic E-state index is 0.183. The van der Waals surface area contributed by atoms with Crippen LogP contribution < -0.4 is 10.6 Å². The van der Waals surface area contributed by atoms with E-state index >= 15 is 0 Å². The van der Waals surface area contributed by atoms with E-state index < -0.39 is 0 Å². The number of ether oxygens (including phenoxy) is 1. The van der Waals surface area contributed by atoms with Crippen molar-refractivity contribution in [2.75, 3.05) is 24.2 Å². The van der Waals surface area contributed by atoms with E-state index in [4.69, 9.17) is 4.74 Å². The minimum Gasteiger partial charge on any atom is -0.487 e. The van der Waals surface area contributed by atoms with Gasteiger partial charge in [-0.15, -0.1) is 11.8 Å². The van der Waals surface area contributed by atoms with Gasteiger partial charge in [-0.05, 0) is 18.6 Å². The number of rotatable bonds is 6. The van der Waals surface area contributed by atoms with Gasteiger partial charge in [0.1, 0.15) is 0 Å². The number of hydrogen-bond acceptors (Lipinski definition) is 4. The van der Waals surface area contributed by atoms with Gasteiger partial charge < -0.3 is 15.4 Å². The molecule has 5 nitrogen and oxygen atoms in total. The minimum atomic E-state index is -0.332. The Morgan fingerprint density at radius 3 is 2.82 bits per heavy atom. The van der Waals surface area contributed by atoms with Crippen molar-refractivity contribution in [1.29, 1.82) is 0 Å². The maximum Gasteiger partial charge on any atom is 0.291 e. The molecular weight excluding hydrogens is 300 g/mol. The number of amides is 2. The van der Waals surface area contributed by atoms with Crippen molar-refractivity contribution >= 4 is 29.3 Å². The molecule has 1 heterocycles. The molecule has 2 amide bonds. The Morgan fingerprint density at radius 1 is 1.27 bits per heavy atom. The summed E-state index contributed by atoms with van der Waals surface area (Å²) in [7, 11) is 0. The van der Waals surface area contributed by atoms with E-state index in [2.05, 4.69) is 17.6 Å². The van der Waals surface area contributed by atoms with Gasteiger partial charge in [0.05, 0.1) is 17.9 Å². The average molecular weight is 320 g/mol. The first-order chi connectivity index (χ1) is 10.7. The van der Waals surface area contributed by atoms with Crippen molar-refractivity contribution < 1.29 is 14.3 Å². The summed E-state index contributed by atoms with van der Waals surface area (Å²) in [5.74, 6) is 0.614. The van der Waals surface area contributed by atoms with Gasteiger partial charge in [0, 0.05) is 17.7 Å². The standard InChI is InChI=1S/C16H20N2O3S/c1-2-3-8-17-15(19)12-6-4-5-7-13(12)18-16(20)14-11-22-10-9-21-14/h4-7,11H,2-3,8-10H2,1H3,(H,17,19)(H,18,20). The van der Waals surface area contributed by atoms with Crippen LogP contribution in [0.25, 0.3) is 0 Å². The van der Waals surface area contributed by atoms with E-state index in [0.717, 1.165) is 18.6 Å².